The molecule has 0 fully saturated rings. The fraction of sp³-hybridized carbons (Fsp3) is 0.417. The first-order valence-corrected chi connectivity index (χ1v) is 5.92. The first kappa shape index (κ1) is 13.4. The van der Waals surface area contributed by atoms with E-state index in [0.29, 0.717) is 24.5 Å². The average Bonchev–Trinajstić information content (AvgIpc) is 2.81. The van der Waals surface area contributed by atoms with Gasteiger partial charge >= 0.3 is 0 Å². The second-order valence-electron chi connectivity index (χ2n) is 4.48. The summed E-state index contributed by atoms with van der Waals surface area (Å²) >= 11 is 0. The zero-order valence-corrected chi connectivity index (χ0v) is 10.9. The number of halogens is 1. The number of benzene rings is 1. The molecule has 1 heterocycles. The first-order valence-electron chi connectivity index (χ1n) is 5.92. The van der Waals surface area contributed by atoms with Gasteiger partial charge in [0.2, 0.25) is 0 Å². The van der Waals surface area contributed by atoms with Crippen LogP contribution in [0, 0.1) is 11.7 Å². The maximum absolute atomic E-state index is 13.5. The third-order valence-corrected chi connectivity index (χ3v) is 2.73. The number of hydrogen-bond acceptors (Lipinski definition) is 5. The highest BCUT2D eigenvalue weighted by atomic mass is 19.1. The monoisotopic (exact) mass is 265 g/mol. The van der Waals surface area contributed by atoms with Crippen LogP contribution in [0.4, 0.5) is 10.1 Å². The highest BCUT2D eigenvalue weighted by Crippen LogP contribution is 2.21. The Morgan fingerprint density at radius 1 is 1.47 bits per heavy atom. The van der Waals surface area contributed by atoms with E-state index in [-0.39, 0.29) is 11.6 Å². The highest BCUT2D eigenvalue weighted by molar-refractivity contribution is 5.58. The van der Waals surface area contributed by atoms with Gasteiger partial charge in [0, 0.05) is 19.2 Å². The number of nitrogens with two attached hydrogens (primary N) is 1. The topological polar surface area (TPSA) is 78.8 Å². The molecule has 2 aromatic rings. The number of rotatable bonds is 5. The van der Waals surface area contributed by atoms with Crippen LogP contribution in [0.25, 0.3) is 11.4 Å². The Balaban J connectivity index is 2.25. The van der Waals surface area contributed by atoms with Crippen LogP contribution in [0.3, 0.4) is 0 Å². The summed E-state index contributed by atoms with van der Waals surface area (Å²) in [5.74, 6) is 0.296. The minimum Gasteiger partial charge on any atom is -0.396 e. The molecule has 0 spiro atoms. The number of tetrazole rings is 1. The average molecular weight is 265 g/mol. The van der Waals surface area contributed by atoms with E-state index in [2.05, 4.69) is 15.5 Å². The SMILES string of the molecule is COCC(C)Cn1nnnc1-c1ccc(N)c(F)c1. The smallest absolute Gasteiger partial charge is 0.182 e. The quantitative estimate of drug-likeness (QED) is 0.825. The Kier molecular flexibility index (Phi) is 4.06. The van der Waals surface area contributed by atoms with Crippen molar-refractivity contribution in [1.82, 2.24) is 20.2 Å². The number of hydrogen-bond donors (Lipinski definition) is 1. The van der Waals surface area contributed by atoms with Crippen molar-refractivity contribution < 1.29 is 9.13 Å². The summed E-state index contributed by atoms with van der Waals surface area (Å²) in [5.41, 5.74) is 6.16. The third-order valence-electron chi connectivity index (χ3n) is 2.73. The van der Waals surface area contributed by atoms with Crippen LogP contribution in [0.5, 0.6) is 0 Å². The van der Waals surface area contributed by atoms with Crippen LogP contribution in [0.1, 0.15) is 6.92 Å². The predicted molar refractivity (Wildman–Crippen MR) is 68.7 cm³/mol. The maximum Gasteiger partial charge on any atom is 0.182 e. The first-order chi connectivity index (χ1) is 9.11. The molecule has 1 unspecified atom stereocenters. The predicted octanol–water partition coefficient (Wildman–Crippen LogP) is 1.34. The zero-order valence-electron chi connectivity index (χ0n) is 10.9. The molecule has 0 aliphatic rings. The van der Waals surface area contributed by atoms with E-state index in [0.717, 1.165) is 0 Å². The van der Waals surface area contributed by atoms with E-state index in [1.807, 2.05) is 6.92 Å². The van der Waals surface area contributed by atoms with E-state index >= 15 is 0 Å². The van der Waals surface area contributed by atoms with Crippen LogP contribution in [-0.4, -0.2) is 33.9 Å². The molecule has 6 nitrogen and oxygen atoms in total. The van der Waals surface area contributed by atoms with Gasteiger partial charge in [-0.05, 0) is 34.5 Å². The molecule has 1 atom stereocenters. The second kappa shape index (κ2) is 5.75. The number of anilines is 1. The van der Waals surface area contributed by atoms with Crippen molar-refractivity contribution in [1.29, 1.82) is 0 Å². The maximum atomic E-state index is 13.5. The van der Waals surface area contributed by atoms with Crippen LogP contribution in [-0.2, 0) is 11.3 Å². The standard InChI is InChI=1S/C12H16FN5O/c1-8(7-19-2)6-18-12(15-16-17-18)9-3-4-11(14)10(13)5-9/h3-5,8H,6-7,14H2,1-2H3. The highest BCUT2D eigenvalue weighted by Gasteiger charge is 2.13. The van der Waals surface area contributed by atoms with Gasteiger partial charge in [-0.2, -0.15) is 0 Å². The van der Waals surface area contributed by atoms with Crippen molar-refractivity contribution in [2.45, 2.75) is 13.5 Å². The summed E-state index contributed by atoms with van der Waals surface area (Å²) in [4.78, 5) is 0. The Morgan fingerprint density at radius 3 is 2.95 bits per heavy atom. The van der Waals surface area contributed by atoms with Crippen LogP contribution < -0.4 is 5.73 Å². The molecular formula is C12H16FN5O. The minimum atomic E-state index is -0.475. The normalized spacial score (nSPS) is 12.6. The minimum absolute atomic E-state index is 0.107. The summed E-state index contributed by atoms with van der Waals surface area (Å²) in [6, 6.07) is 4.53. The summed E-state index contributed by atoms with van der Waals surface area (Å²) < 4.78 is 20.2. The lowest BCUT2D eigenvalue weighted by Crippen LogP contribution is -2.14. The largest absolute Gasteiger partial charge is 0.396 e. The van der Waals surface area contributed by atoms with E-state index in [4.69, 9.17) is 10.5 Å². The summed E-state index contributed by atoms with van der Waals surface area (Å²) in [6.45, 7) is 3.23. The molecule has 0 aliphatic heterocycles. The van der Waals surface area contributed by atoms with Gasteiger partial charge in [0.25, 0.3) is 0 Å². The molecule has 0 saturated heterocycles. The van der Waals surface area contributed by atoms with E-state index < -0.39 is 5.82 Å². The lowest BCUT2D eigenvalue weighted by molar-refractivity contribution is 0.149. The Labute approximate surface area is 110 Å². The summed E-state index contributed by atoms with van der Waals surface area (Å²) in [6.07, 6.45) is 0. The van der Waals surface area contributed by atoms with Crippen LogP contribution in [0.2, 0.25) is 0 Å². The molecule has 0 radical (unpaired) electrons. The van der Waals surface area contributed by atoms with Gasteiger partial charge in [-0.1, -0.05) is 6.92 Å². The number of methoxy groups -OCH3 is 1. The molecule has 0 aliphatic carbocycles. The summed E-state index contributed by atoms with van der Waals surface area (Å²) in [5, 5.41) is 11.5. The molecule has 19 heavy (non-hydrogen) atoms. The van der Waals surface area contributed by atoms with Gasteiger partial charge in [0.1, 0.15) is 5.82 Å². The van der Waals surface area contributed by atoms with Crippen molar-refractivity contribution >= 4 is 5.69 Å². The molecule has 1 aromatic carbocycles. The van der Waals surface area contributed by atoms with Gasteiger partial charge in [-0.25, -0.2) is 9.07 Å². The van der Waals surface area contributed by atoms with Crippen LogP contribution >= 0.6 is 0 Å². The lowest BCUT2D eigenvalue weighted by atomic mass is 10.1. The number of ether oxygens (including phenoxy) is 1. The molecule has 0 bridgehead atoms. The molecule has 102 valence electrons. The van der Waals surface area contributed by atoms with Gasteiger partial charge in [-0.3, -0.25) is 0 Å². The Bertz CT molecular complexity index is 557. The Hall–Kier alpha value is -2.02. The fourth-order valence-corrected chi connectivity index (χ4v) is 1.83. The van der Waals surface area contributed by atoms with Gasteiger partial charge in [-0.15, -0.1) is 5.10 Å². The number of nitrogens with zero attached hydrogens (tertiary/aromatic N) is 4. The van der Waals surface area contributed by atoms with Crippen molar-refractivity contribution in [2.75, 3.05) is 19.5 Å². The van der Waals surface area contributed by atoms with E-state index in [9.17, 15) is 4.39 Å². The number of nitrogen functional groups attached to an aromatic ring is 1. The van der Waals surface area contributed by atoms with Gasteiger partial charge < -0.3 is 10.5 Å². The fourth-order valence-electron chi connectivity index (χ4n) is 1.83. The molecule has 0 amide bonds. The molecule has 2 N–H and O–H groups in total. The van der Waals surface area contributed by atoms with Gasteiger partial charge in [0.05, 0.1) is 12.3 Å². The lowest BCUT2D eigenvalue weighted by Gasteiger charge is -2.11. The van der Waals surface area contributed by atoms with Crippen molar-refractivity contribution in [3.63, 3.8) is 0 Å². The molecule has 7 heteroatoms. The van der Waals surface area contributed by atoms with E-state index in [1.54, 1.807) is 17.9 Å². The molecule has 2 rings (SSSR count). The molecule has 1 aromatic heterocycles. The number of aromatic nitrogens is 4. The van der Waals surface area contributed by atoms with Crippen molar-refractivity contribution in [3.05, 3.63) is 24.0 Å². The zero-order chi connectivity index (χ0) is 13.8. The van der Waals surface area contributed by atoms with Crippen LogP contribution in [0.15, 0.2) is 18.2 Å². The Morgan fingerprint density at radius 2 is 2.26 bits per heavy atom. The molecule has 0 saturated carbocycles. The second-order valence-corrected chi connectivity index (χ2v) is 4.48. The third kappa shape index (κ3) is 3.05. The van der Waals surface area contributed by atoms with E-state index in [1.165, 1.54) is 12.1 Å². The van der Waals surface area contributed by atoms with Crippen molar-refractivity contribution in [3.8, 4) is 11.4 Å². The summed E-state index contributed by atoms with van der Waals surface area (Å²) in [7, 11) is 1.65. The molecular weight excluding hydrogens is 249 g/mol. The van der Waals surface area contributed by atoms with Gasteiger partial charge in [0.15, 0.2) is 5.82 Å². The van der Waals surface area contributed by atoms with Crippen molar-refractivity contribution in [2.24, 2.45) is 5.92 Å².